The quantitative estimate of drug-likeness (QED) is 0.582. The lowest BCUT2D eigenvalue weighted by Crippen LogP contribution is -2.19. The molecule has 0 atom stereocenters. The van der Waals surface area contributed by atoms with Gasteiger partial charge in [0.05, 0.1) is 6.61 Å². The van der Waals surface area contributed by atoms with Crippen molar-refractivity contribution in [2.24, 2.45) is 5.92 Å². The van der Waals surface area contributed by atoms with Crippen LogP contribution in [0.2, 0.25) is 0 Å². The first-order valence-corrected chi connectivity index (χ1v) is 8.39. The van der Waals surface area contributed by atoms with E-state index >= 15 is 0 Å². The molecule has 1 fully saturated rings. The molecule has 0 unspecified atom stereocenters. The summed E-state index contributed by atoms with van der Waals surface area (Å²) in [5.41, 5.74) is 1.06. The summed E-state index contributed by atoms with van der Waals surface area (Å²) in [6.07, 6.45) is 5.30. The summed E-state index contributed by atoms with van der Waals surface area (Å²) >= 11 is 1.69. The first kappa shape index (κ1) is 15.8. The molecule has 0 aromatic heterocycles. The third kappa shape index (κ3) is 4.76. The minimum atomic E-state index is -0.0842. The first-order valence-electron chi connectivity index (χ1n) is 7.41. The molecule has 0 amide bonds. The van der Waals surface area contributed by atoms with E-state index in [-0.39, 0.29) is 5.82 Å². The predicted molar refractivity (Wildman–Crippen MR) is 82.7 cm³/mol. The predicted octanol–water partition coefficient (Wildman–Crippen LogP) is 3.84. The Morgan fingerprint density at radius 1 is 1.35 bits per heavy atom. The second kappa shape index (κ2) is 8.65. The van der Waals surface area contributed by atoms with Crippen LogP contribution in [0.3, 0.4) is 0 Å². The second-order valence-electron chi connectivity index (χ2n) is 5.36. The molecule has 1 aliphatic carbocycles. The first-order chi connectivity index (χ1) is 9.81. The van der Waals surface area contributed by atoms with Crippen LogP contribution in [0.4, 0.5) is 4.39 Å². The number of benzene rings is 1. The Hall–Kier alpha value is -0.580. The van der Waals surface area contributed by atoms with Crippen molar-refractivity contribution in [2.45, 2.75) is 37.1 Å². The van der Waals surface area contributed by atoms with Crippen molar-refractivity contribution in [3.63, 3.8) is 0 Å². The van der Waals surface area contributed by atoms with E-state index < -0.39 is 0 Å². The molecule has 112 valence electrons. The van der Waals surface area contributed by atoms with E-state index in [1.165, 1.54) is 25.7 Å². The Labute approximate surface area is 125 Å². The van der Waals surface area contributed by atoms with Gasteiger partial charge in [-0.1, -0.05) is 25.0 Å². The van der Waals surface area contributed by atoms with Crippen LogP contribution in [-0.2, 0) is 11.3 Å². The van der Waals surface area contributed by atoms with Crippen LogP contribution in [0.5, 0.6) is 0 Å². The molecular weight excluding hydrogens is 273 g/mol. The van der Waals surface area contributed by atoms with Gasteiger partial charge < -0.3 is 10.1 Å². The number of nitrogens with one attached hydrogen (secondary N) is 1. The smallest absolute Gasteiger partial charge is 0.137 e. The Bertz CT molecular complexity index is 407. The molecule has 0 heterocycles. The van der Waals surface area contributed by atoms with Crippen molar-refractivity contribution in [3.05, 3.63) is 29.6 Å². The molecule has 0 radical (unpaired) electrons. The molecule has 0 spiro atoms. The van der Waals surface area contributed by atoms with Crippen LogP contribution in [0.1, 0.15) is 31.2 Å². The van der Waals surface area contributed by atoms with Gasteiger partial charge in [-0.15, -0.1) is 11.8 Å². The minimum Gasteiger partial charge on any atom is -0.383 e. The normalized spacial score (nSPS) is 15.9. The zero-order valence-corrected chi connectivity index (χ0v) is 13.0. The molecule has 20 heavy (non-hydrogen) atoms. The number of halogens is 1. The van der Waals surface area contributed by atoms with Crippen molar-refractivity contribution in [1.82, 2.24) is 5.32 Å². The highest BCUT2D eigenvalue weighted by Crippen LogP contribution is 2.33. The fourth-order valence-corrected chi connectivity index (χ4v) is 3.90. The van der Waals surface area contributed by atoms with Crippen LogP contribution in [0.15, 0.2) is 23.1 Å². The number of thioether (sulfide) groups is 1. The Kier molecular flexibility index (Phi) is 6.83. The highest BCUT2D eigenvalue weighted by atomic mass is 32.2. The van der Waals surface area contributed by atoms with Gasteiger partial charge in [-0.3, -0.25) is 0 Å². The number of ether oxygens (including phenoxy) is 1. The summed E-state index contributed by atoms with van der Waals surface area (Å²) in [5.74, 6) is 1.74. The molecule has 0 aliphatic heterocycles. The highest BCUT2D eigenvalue weighted by Gasteiger charge is 2.17. The number of hydrogen-bond acceptors (Lipinski definition) is 3. The van der Waals surface area contributed by atoms with E-state index in [1.54, 1.807) is 31.0 Å². The highest BCUT2D eigenvalue weighted by molar-refractivity contribution is 7.99. The summed E-state index contributed by atoms with van der Waals surface area (Å²) in [4.78, 5) is 0.823. The maximum Gasteiger partial charge on any atom is 0.137 e. The fraction of sp³-hybridized carbons (Fsp3) is 0.625. The monoisotopic (exact) mass is 297 g/mol. The van der Waals surface area contributed by atoms with E-state index in [2.05, 4.69) is 5.32 Å². The lowest BCUT2D eigenvalue weighted by Gasteiger charge is -2.13. The van der Waals surface area contributed by atoms with Gasteiger partial charge in [-0.2, -0.15) is 0 Å². The van der Waals surface area contributed by atoms with E-state index in [0.29, 0.717) is 13.2 Å². The van der Waals surface area contributed by atoms with Gasteiger partial charge in [-0.05, 0) is 30.4 Å². The summed E-state index contributed by atoms with van der Waals surface area (Å²) in [7, 11) is 1.69. The van der Waals surface area contributed by atoms with Crippen molar-refractivity contribution >= 4 is 11.8 Å². The summed E-state index contributed by atoms with van der Waals surface area (Å²) in [5, 5.41) is 3.29. The Morgan fingerprint density at radius 2 is 2.15 bits per heavy atom. The minimum absolute atomic E-state index is 0.0842. The number of rotatable bonds is 8. The van der Waals surface area contributed by atoms with Crippen molar-refractivity contribution < 1.29 is 9.13 Å². The Morgan fingerprint density at radius 3 is 2.90 bits per heavy atom. The van der Waals surface area contributed by atoms with Crippen LogP contribution in [0, 0.1) is 11.7 Å². The molecule has 0 bridgehead atoms. The van der Waals surface area contributed by atoms with Crippen molar-refractivity contribution in [3.8, 4) is 0 Å². The van der Waals surface area contributed by atoms with Gasteiger partial charge in [0, 0.05) is 30.8 Å². The molecule has 1 N–H and O–H groups in total. The van der Waals surface area contributed by atoms with Gasteiger partial charge in [0.1, 0.15) is 5.82 Å². The standard InChI is InChI=1S/C16H24FNOS/c1-19-10-9-18-11-14-7-4-8-15(17)16(14)20-12-13-5-2-3-6-13/h4,7-8,13,18H,2-3,5-6,9-12H2,1H3. The average Bonchev–Trinajstić information content (AvgIpc) is 2.96. The summed E-state index contributed by atoms with van der Waals surface area (Å²) in [6.45, 7) is 2.17. The van der Waals surface area contributed by atoms with Crippen LogP contribution in [-0.4, -0.2) is 26.0 Å². The molecule has 2 nitrogen and oxygen atoms in total. The largest absolute Gasteiger partial charge is 0.383 e. The van der Waals surface area contributed by atoms with Crippen LogP contribution < -0.4 is 5.32 Å². The average molecular weight is 297 g/mol. The molecule has 1 aromatic rings. The van der Waals surface area contributed by atoms with Gasteiger partial charge in [0.25, 0.3) is 0 Å². The van der Waals surface area contributed by atoms with Gasteiger partial charge >= 0.3 is 0 Å². The summed E-state index contributed by atoms with van der Waals surface area (Å²) < 4.78 is 19.0. The third-order valence-corrected chi connectivity index (χ3v) is 5.17. The van der Waals surface area contributed by atoms with Crippen LogP contribution in [0.25, 0.3) is 0 Å². The molecule has 1 aliphatic rings. The lowest BCUT2D eigenvalue weighted by atomic mass is 10.1. The lowest BCUT2D eigenvalue weighted by molar-refractivity contribution is 0.199. The zero-order valence-electron chi connectivity index (χ0n) is 12.2. The number of methoxy groups -OCH3 is 1. The molecular formula is C16H24FNOS. The second-order valence-corrected chi connectivity index (χ2v) is 6.39. The van der Waals surface area contributed by atoms with Crippen molar-refractivity contribution in [1.29, 1.82) is 0 Å². The van der Waals surface area contributed by atoms with Gasteiger partial charge in [-0.25, -0.2) is 4.39 Å². The van der Waals surface area contributed by atoms with Gasteiger partial charge in [0.15, 0.2) is 0 Å². The maximum atomic E-state index is 14.0. The molecule has 4 heteroatoms. The van der Waals surface area contributed by atoms with E-state index in [0.717, 1.165) is 28.7 Å². The molecule has 1 aromatic carbocycles. The number of hydrogen-bond donors (Lipinski definition) is 1. The maximum absolute atomic E-state index is 14.0. The molecule has 1 saturated carbocycles. The van der Waals surface area contributed by atoms with Crippen LogP contribution >= 0.6 is 11.8 Å². The zero-order chi connectivity index (χ0) is 14.2. The third-order valence-electron chi connectivity index (χ3n) is 3.79. The SMILES string of the molecule is COCCNCc1cccc(F)c1SCC1CCCC1. The van der Waals surface area contributed by atoms with E-state index in [1.807, 2.05) is 6.07 Å². The fourth-order valence-electron chi connectivity index (χ4n) is 2.63. The Balaban J connectivity index is 1.90. The van der Waals surface area contributed by atoms with Crippen molar-refractivity contribution in [2.75, 3.05) is 26.0 Å². The molecule has 0 saturated heterocycles. The van der Waals surface area contributed by atoms with E-state index in [4.69, 9.17) is 4.74 Å². The molecule has 2 rings (SSSR count). The van der Waals surface area contributed by atoms with Gasteiger partial charge in [0.2, 0.25) is 0 Å². The summed E-state index contributed by atoms with van der Waals surface area (Å²) in [6, 6.07) is 5.37. The topological polar surface area (TPSA) is 21.3 Å². The van der Waals surface area contributed by atoms with E-state index in [9.17, 15) is 4.39 Å².